The maximum atomic E-state index is 12.4. The van der Waals surface area contributed by atoms with Crippen molar-refractivity contribution < 1.29 is 9.32 Å². The Hall–Kier alpha value is -2.99. The summed E-state index contributed by atoms with van der Waals surface area (Å²) in [5, 5.41) is 4.16. The molecule has 1 amide bonds. The van der Waals surface area contributed by atoms with Crippen LogP contribution in [0.25, 0.3) is 22.8 Å². The van der Waals surface area contributed by atoms with E-state index in [4.69, 9.17) is 4.52 Å². The van der Waals surface area contributed by atoms with E-state index in [1.54, 1.807) is 0 Å². The Balaban J connectivity index is 1.62. The largest absolute Gasteiger partial charge is 0.334 e. The Morgan fingerprint density at radius 2 is 1.86 bits per heavy atom. The maximum Gasteiger partial charge on any atom is 0.260 e. The van der Waals surface area contributed by atoms with Gasteiger partial charge in [-0.1, -0.05) is 41.6 Å². The van der Waals surface area contributed by atoms with Crippen molar-refractivity contribution in [2.45, 2.75) is 25.8 Å². The second-order valence-corrected chi connectivity index (χ2v) is 7.38. The van der Waals surface area contributed by atoms with Gasteiger partial charge in [-0.3, -0.25) is 4.79 Å². The van der Waals surface area contributed by atoms with Crippen molar-refractivity contribution >= 4 is 11.6 Å². The smallest absolute Gasteiger partial charge is 0.260 e. The predicted octanol–water partition coefficient (Wildman–Crippen LogP) is 3.98. The zero-order chi connectivity index (χ0) is 19.5. The first-order valence-electron chi connectivity index (χ1n) is 9.59. The molecule has 1 aliphatic rings. The number of carbonyl (C=O) groups is 1. The minimum atomic E-state index is 0.148. The Morgan fingerprint density at radius 1 is 1.07 bits per heavy atom. The average molecular weight is 376 g/mol. The molecule has 1 aliphatic heterocycles. The molecule has 0 radical (unpaired) electrons. The van der Waals surface area contributed by atoms with Crippen LogP contribution in [0, 0.1) is 0 Å². The summed E-state index contributed by atoms with van der Waals surface area (Å²) in [5.41, 5.74) is 3.76. The van der Waals surface area contributed by atoms with Gasteiger partial charge in [0.05, 0.1) is 11.3 Å². The van der Waals surface area contributed by atoms with Crippen molar-refractivity contribution in [3.8, 4) is 22.8 Å². The normalized spacial score (nSPS) is 14.7. The first kappa shape index (κ1) is 18.4. The summed E-state index contributed by atoms with van der Waals surface area (Å²) in [6.45, 7) is 1.61. The Morgan fingerprint density at radius 3 is 2.61 bits per heavy atom. The fraction of sp³-hybridized carbons (Fsp3) is 0.318. The molecule has 0 bridgehead atoms. The molecule has 4 rings (SSSR count). The van der Waals surface area contributed by atoms with Crippen molar-refractivity contribution in [3.63, 3.8) is 0 Å². The molecule has 1 aromatic heterocycles. The van der Waals surface area contributed by atoms with Crippen molar-refractivity contribution in [2.24, 2.45) is 0 Å². The van der Waals surface area contributed by atoms with E-state index in [1.165, 1.54) is 5.56 Å². The van der Waals surface area contributed by atoms with Gasteiger partial charge in [-0.15, -0.1) is 0 Å². The number of hydrogen-bond donors (Lipinski definition) is 0. The molecule has 144 valence electrons. The van der Waals surface area contributed by atoms with Gasteiger partial charge < -0.3 is 14.3 Å². The summed E-state index contributed by atoms with van der Waals surface area (Å²) in [6.07, 6.45) is 2.54. The van der Waals surface area contributed by atoms with E-state index in [-0.39, 0.29) is 5.91 Å². The number of hydrogen-bond acceptors (Lipinski definition) is 5. The number of aromatic nitrogens is 2. The van der Waals surface area contributed by atoms with Gasteiger partial charge in [0, 0.05) is 25.1 Å². The Bertz CT molecular complexity index is 963. The predicted molar refractivity (Wildman–Crippen MR) is 109 cm³/mol. The van der Waals surface area contributed by atoms with Crippen LogP contribution in [0.1, 0.15) is 24.8 Å². The fourth-order valence-electron chi connectivity index (χ4n) is 3.52. The van der Waals surface area contributed by atoms with Crippen LogP contribution in [0.4, 0.5) is 5.69 Å². The lowest BCUT2D eigenvalue weighted by Crippen LogP contribution is -2.35. The van der Waals surface area contributed by atoms with E-state index >= 15 is 0 Å². The highest BCUT2D eigenvalue weighted by Crippen LogP contribution is 2.33. The summed E-state index contributed by atoms with van der Waals surface area (Å²) in [5.74, 6) is 1.13. The number of piperidine rings is 1. The highest BCUT2D eigenvalue weighted by atomic mass is 16.5. The number of rotatable bonds is 5. The molecule has 1 saturated heterocycles. The second kappa shape index (κ2) is 7.94. The molecule has 6 nitrogen and oxygen atoms in total. The van der Waals surface area contributed by atoms with Crippen molar-refractivity contribution in [1.29, 1.82) is 0 Å². The van der Waals surface area contributed by atoms with Gasteiger partial charge in [-0.25, -0.2) is 0 Å². The molecule has 28 heavy (non-hydrogen) atoms. The highest BCUT2D eigenvalue weighted by molar-refractivity contribution is 5.97. The van der Waals surface area contributed by atoms with Crippen molar-refractivity contribution in [2.75, 3.05) is 25.5 Å². The highest BCUT2D eigenvalue weighted by Gasteiger charge is 2.24. The van der Waals surface area contributed by atoms with Gasteiger partial charge in [-0.2, -0.15) is 4.98 Å². The molecule has 1 fully saturated rings. The van der Waals surface area contributed by atoms with Gasteiger partial charge in [0.1, 0.15) is 0 Å². The zero-order valence-corrected chi connectivity index (χ0v) is 16.3. The van der Waals surface area contributed by atoms with Crippen LogP contribution in [-0.4, -0.2) is 41.6 Å². The SMILES string of the molecule is CN(C)Cc1ccc(-c2noc(-c3ccccc3N3CCCCC3=O)n2)cc1. The van der Waals surface area contributed by atoms with Crippen LogP contribution in [0.2, 0.25) is 0 Å². The molecule has 6 heteroatoms. The topological polar surface area (TPSA) is 62.5 Å². The number of carbonyl (C=O) groups excluding carboxylic acids is 1. The standard InChI is InChI=1S/C22H24N4O2/c1-25(2)15-16-10-12-17(13-11-16)21-23-22(28-24-21)18-7-3-4-8-19(18)26-14-6-5-9-20(26)27/h3-4,7-8,10-13H,5-6,9,14-15H2,1-2H3. The van der Waals surface area contributed by atoms with Crippen LogP contribution in [-0.2, 0) is 11.3 Å². The third-order valence-corrected chi connectivity index (χ3v) is 4.89. The van der Waals surface area contributed by atoms with Gasteiger partial charge >= 0.3 is 0 Å². The number of amides is 1. The van der Waals surface area contributed by atoms with E-state index in [1.807, 2.05) is 55.4 Å². The molecule has 2 aromatic carbocycles. The van der Waals surface area contributed by atoms with Gasteiger partial charge in [0.2, 0.25) is 11.7 Å². The number of para-hydroxylation sites is 1. The van der Waals surface area contributed by atoms with Gasteiger partial charge in [0.15, 0.2) is 0 Å². The minimum absolute atomic E-state index is 0.148. The first-order chi connectivity index (χ1) is 13.6. The fourth-order valence-corrected chi connectivity index (χ4v) is 3.52. The van der Waals surface area contributed by atoms with E-state index in [0.717, 1.165) is 42.7 Å². The number of nitrogens with zero attached hydrogens (tertiary/aromatic N) is 4. The summed E-state index contributed by atoms with van der Waals surface area (Å²) in [6, 6.07) is 15.9. The molecule has 3 aromatic rings. The van der Waals surface area contributed by atoms with Gasteiger partial charge in [0.25, 0.3) is 5.89 Å². The summed E-state index contributed by atoms with van der Waals surface area (Å²) >= 11 is 0. The lowest BCUT2D eigenvalue weighted by molar-refractivity contribution is -0.119. The summed E-state index contributed by atoms with van der Waals surface area (Å²) in [4.78, 5) is 20.9. The Kier molecular flexibility index (Phi) is 5.21. The molecule has 0 N–H and O–H groups in total. The molecule has 0 saturated carbocycles. The van der Waals surface area contributed by atoms with E-state index in [9.17, 15) is 4.79 Å². The maximum absolute atomic E-state index is 12.4. The van der Waals surface area contributed by atoms with Crippen LogP contribution < -0.4 is 4.90 Å². The first-order valence-corrected chi connectivity index (χ1v) is 9.59. The lowest BCUT2D eigenvalue weighted by Gasteiger charge is -2.27. The molecule has 0 unspecified atom stereocenters. The summed E-state index contributed by atoms with van der Waals surface area (Å²) in [7, 11) is 4.09. The van der Waals surface area contributed by atoms with Crippen LogP contribution >= 0.6 is 0 Å². The van der Waals surface area contributed by atoms with Crippen molar-refractivity contribution in [3.05, 3.63) is 54.1 Å². The molecule has 0 aliphatic carbocycles. The third-order valence-electron chi connectivity index (χ3n) is 4.89. The molecular weight excluding hydrogens is 352 g/mol. The molecular formula is C22H24N4O2. The lowest BCUT2D eigenvalue weighted by atomic mass is 10.1. The second-order valence-electron chi connectivity index (χ2n) is 7.38. The number of benzene rings is 2. The van der Waals surface area contributed by atoms with Gasteiger partial charge in [-0.05, 0) is 44.6 Å². The summed E-state index contributed by atoms with van der Waals surface area (Å²) < 4.78 is 5.56. The zero-order valence-electron chi connectivity index (χ0n) is 16.3. The van der Waals surface area contributed by atoms with E-state index in [2.05, 4.69) is 27.2 Å². The quantitative estimate of drug-likeness (QED) is 0.674. The Labute approximate surface area is 164 Å². The number of anilines is 1. The monoisotopic (exact) mass is 376 g/mol. The minimum Gasteiger partial charge on any atom is -0.334 e. The molecule has 0 atom stereocenters. The average Bonchev–Trinajstić information content (AvgIpc) is 3.19. The van der Waals surface area contributed by atoms with Crippen LogP contribution in [0.15, 0.2) is 53.1 Å². The van der Waals surface area contributed by atoms with E-state index in [0.29, 0.717) is 18.1 Å². The third kappa shape index (κ3) is 3.82. The van der Waals surface area contributed by atoms with Crippen molar-refractivity contribution in [1.82, 2.24) is 15.0 Å². The van der Waals surface area contributed by atoms with Crippen LogP contribution in [0.3, 0.4) is 0 Å². The molecule has 0 spiro atoms. The van der Waals surface area contributed by atoms with E-state index < -0.39 is 0 Å². The molecule has 2 heterocycles. The van der Waals surface area contributed by atoms with Crippen LogP contribution in [0.5, 0.6) is 0 Å².